The van der Waals surface area contributed by atoms with Crippen LogP contribution in [0.3, 0.4) is 0 Å². The fraction of sp³-hybridized carbons (Fsp3) is 0.640. The molecule has 1 N–H and O–H groups in total. The van der Waals surface area contributed by atoms with Gasteiger partial charge in [-0.2, -0.15) is 11.8 Å². The zero-order valence-electron chi connectivity index (χ0n) is 19.3. The van der Waals surface area contributed by atoms with Crippen molar-refractivity contribution in [1.29, 1.82) is 0 Å². The molecule has 1 aliphatic heterocycles. The molecule has 1 aliphatic rings. The normalized spacial score (nSPS) is 21.4. The number of thioether (sulfide) groups is 1. The summed E-state index contributed by atoms with van der Waals surface area (Å²) in [5.41, 5.74) is 1.47. The van der Waals surface area contributed by atoms with E-state index in [4.69, 9.17) is 4.74 Å². The first-order valence-corrected chi connectivity index (χ1v) is 12.3. The van der Waals surface area contributed by atoms with Gasteiger partial charge in [-0.15, -0.1) is 0 Å². The number of likely N-dealkylation sites (tertiary alicyclic amines) is 1. The standard InChI is InChI=1S/C25H37FN2O2S/c1-25(2,3)31-14-13-28-12-10-18(19(16-28)17-29)5-7-23(26)21-9-11-27-24-8-6-20(30-4)15-22(21)24/h6,8-9,11,15,18-19,23,29H,5,7,10,12-14,16-17H2,1-4H3/t18-,19-,23-/m1/s1. The molecule has 3 rings (SSSR count). The average molecular weight is 449 g/mol. The Labute approximate surface area is 190 Å². The number of pyridine rings is 1. The van der Waals surface area contributed by atoms with E-state index in [1.165, 1.54) is 0 Å². The molecule has 172 valence electrons. The highest BCUT2D eigenvalue weighted by Gasteiger charge is 2.29. The van der Waals surface area contributed by atoms with Gasteiger partial charge >= 0.3 is 0 Å². The van der Waals surface area contributed by atoms with Crippen LogP contribution in [0.5, 0.6) is 5.75 Å². The fourth-order valence-electron chi connectivity index (χ4n) is 4.49. The third-order valence-corrected chi connectivity index (χ3v) is 7.52. The Kier molecular flexibility index (Phi) is 8.59. The third-order valence-electron chi connectivity index (χ3n) is 6.26. The van der Waals surface area contributed by atoms with Gasteiger partial charge in [0.25, 0.3) is 0 Å². The molecule has 2 heterocycles. The number of aromatic nitrogens is 1. The van der Waals surface area contributed by atoms with Crippen molar-refractivity contribution in [3.05, 3.63) is 36.0 Å². The lowest BCUT2D eigenvalue weighted by Crippen LogP contribution is -2.43. The molecule has 0 unspecified atom stereocenters. The molecular formula is C25H37FN2O2S. The molecule has 0 radical (unpaired) electrons. The summed E-state index contributed by atoms with van der Waals surface area (Å²) in [4.78, 5) is 6.82. The summed E-state index contributed by atoms with van der Waals surface area (Å²) in [6.07, 6.45) is 2.94. The first-order chi connectivity index (χ1) is 14.8. The Morgan fingerprint density at radius 1 is 1.29 bits per heavy atom. The molecule has 1 fully saturated rings. The maximum Gasteiger partial charge on any atom is 0.126 e. The lowest BCUT2D eigenvalue weighted by Gasteiger charge is -2.38. The molecule has 0 spiro atoms. The van der Waals surface area contributed by atoms with Gasteiger partial charge in [-0.1, -0.05) is 20.8 Å². The molecule has 3 atom stereocenters. The van der Waals surface area contributed by atoms with Gasteiger partial charge in [-0.05, 0) is 67.5 Å². The smallest absolute Gasteiger partial charge is 0.126 e. The quantitative estimate of drug-likeness (QED) is 0.549. The predicted molar refractivity (Wildman–Crippen MR) is 129 cm³/mol. The number of hydrogen-bond acceptors (Lipinski definition) is 5. The first-order valence-electron chi connectivity index (χ1n) is 11.3. The highest BCUT2D eigenvalue weighted by atomic mass is 32.2. The molecule has 6 heteroatoms. The number of benzene rings is 1. The number of halogens is 1. The van der Waals surface area contributed by atoms with Gasteiger partial charge in [0.1, 0.15) is 11.9 Å². The lowest BCUT2D eigenvalue weighted by molar-refractivity contribution is 0.0672. The fourth-order valence-corrected chi connectivity index (χ4v) is 5.45. The van der Waals surface area contributed by atoms with E-state index in [9.17, 15) is 5.11 Å². The van der Waals surface area contributed by atoms with Crippen LogP contribution < -0.4 is 4.74 Å². The topological polar surface area (TPSA) is 45.6 Å². The Balaban J connectivity index is 1.57. The van der Waals surface area contributed by atoms with Crippen LogP contribution in [0.4, 0.5) is 4.39 Å². The second kappa shape index (κ2) is 11.0. The van der Waals surface area contributed by atoms with Crippen LogP contribution in [-0.4, -0.2) is 58.8 Å². The highest BCUT2D eigenvalue weighted by Crippen LogP contribution is 2.35. The molecule has 0 saturated carbocycles. The van der Waals surface area contributed by atoms with Crippen LogP contribution in [0.25, 0.3) is 10.9 Å². The molecular weight excluding hydrogens is 411 g/mol. The molecule has 31 heavy (non-hydrogen) atoms. The summed E-state index contributed by atoms with van der Waals surface area (Å²) in [6, 6.07) is 7.38. The van der Waals surface area contributed by atoms with Crippen molar-refractivity contribution in [2.75, 3.05) is 39.1 Å². The second-order valence-electron chi connectivity index (χ2n) is 9.58. The number of rotatable bonds is 9. The molecule has 0 bridgehead atoms. The van der Waals surface area contributed by atoms with Crippen LogP contribution in [0, 0.1) is 11.8 Å². The summed E-state index contributed by atoms with van der Waals surface area (Å²) >= 11 is 1.98. The SMILES string of the molecule is COc1ccc2nccc([C@H](F)CC[C@@H]3CCN(CCSC(C)(C)C)C[C@@H]3CO)c2c1. The number of nitrogens with zero attached hydrogens (tertiary/aromatic N) is 2. The van der Waals surface area contributed by atoms with Crippen molar-refractivity contribution < 1.29 is 14.2 Å². The van der Waals surface area contributed by atoms with Gasteiger partial charge in [-0.3, -0.25) is 4.98 Å². The molecule has 1 aromatic carbocycles. The average Bonchev–Trinajstić information content (AvgIpc) is 2.76. The van der Waals surface area contributed by atoms with Gasteiger partial charge < -0.3 is 14.7 Å². The second-order valence-corrected chi connectivity index (χ2v) is 11.5. The highest BCUT2D eigenvalue weighted by molar-refractivity contribution is 8.00. The zero-order valence-corrected chi connectivity index (χ0v) is 20.1. The number of piperidine rings is 1. The largest absolute Gasteiger partial charge is 0.497 e. The predicted octanol–water partition coefficient (Wildman–Crippen LogP) is 5.50. The van der Waals surface area contributed by atoms with Gasteiger partial charge in [-0.25, -0.2) is 4.39 Å². The molecule has 1 saturated heterocycles. The number of aliphatic hydroxyl groups is 1. The summed E-state index contributed by atoms with van der Waals surface area (Å²) in [7, 11) is 1.62. The zero-order chi connectivity index (χ0) is 22.4. The van der Waals surface area contributed by atoms with Crippen LogP contribution in [-0.2, 0) is 0 Å². The summed E-state index contributed by atoms with van der Waals surface area (Å²) in [6.45, 7) is 9.93. The molecule has 0 aliphatic carbocycles. The molecule has 1 aromatic heterocycles. The van der Waals surface area contributed by atoms with E-state index in [1.54, 1.807) is 19.4 Å². The maximum absolute atomic E-state index is 15.3. The van der Waals surface area contributed by atoms with Crippen LogP contribution in [0.15, 0.2) is 30.5 Å². The van der Waals surface area contributed by atoms with Crippen molar-refractivity contribution >= 4 is 22.7 Å². The van der Waals surface area contributed by atoms with Crippen molar-refractivity contribution in [2.45, 2.75) is 51.0 Å². The monoisotopic (exact) mass is 448 g/mol. The number of methoxy groups -OCH3 is 1. The Morgan fingerprint density at radius 2 is 2.10 bits per heavy atom. The van der Waals surface area contributed by atoms with E-state index in [-0.39, 0.29) is 17.3 Å². The van der Waals surface area contributed by atoms with Gasteiger partial charge in [0, 0.05) is 41.8 Å². The van der Waals surface area contributed by atoms with Crippen molar-refractivity contribution in [1.82, 2.24) is 9.88 Å². The molecule has 0 amide bonds. The molecule has 4 nitrogen and oxygen atoms in total. The van der Waals surface area contributed by atoms with Crippen LogP contribution >= 0.6 is 11.8 Å². The minimum Gasteiger partial charge on any atom is -0.497 e. The van der Waals surface area contributed by atoms with E-state index in [0.29, 0.717) is 23.7 Å². The summed E-state index contributed by atoms with van der Waals surface area (Å²) < 4.78 is 20.9. The summed E-state index contributed by atoms with van der Waals surface area (Å²) in [5, 5.41) is 10.8. The number of ether oxygens (including phenoxy) is 1. The Bertz CT molecular complexity index is 842. The minimum atomic E-state index is -1.04. The minimum absolute atomic E-state index is 0.180. The lowest BCUT2D eigenvalue weighted by atomic mass is 9.81. The van der Waals surface area contributed by atoms with Gasteiger partial charge in [0.15, 0.2) is 0 Å². The maximum atomic E-state index is 15.3. The van der Waals surface area contributed by atoms with Crippen molar-refractivity contribution in [3.63, 3.8) is 0 Å². The van der Waals surface area contributed by atoms with Crippen molar-refractivity contribution in [3.8, 4) is 5.75 Å². The van der Waals surface area contributed by atoms with E-state index < -0.39 is 6.17 Å². The number of fused-ring (bicyclic) bond motifs is 1. The van der Waals surface area contributed by atoms with Crippen LogP contribution in [0.1, 0.15) is 51.8 Å². The van der Waals surface area contributed by atoms with Crippen LogP contribution in [0.2, 0.25) is 0 Å². The summed E-state index contributed by atoms with van der Waals surface area (Å²) in [5.74, 6) is 2.43. The Morgan fingerprint density at radius 3 is 2.81 bits per heavy atom. The molecule has 2 aromatic rings. The number of alkyl halides is 1. The van der Waals surface area contributed by atoms with Gasteiger partial charge in [0.2, 0.25) is 0 Å². The first kappa shape index (κ1) is 24.3. The van der Waals surface area contributed by atoms with Gasteiger partial charge in [0.05, 0.1) is 12.6 Å². The van der Waals surface area contributed by atoms with Crippen molar-refractivity contribution in [2.24, 2.45) is 11.8 Å². The van der Waals surface area contributed by atoms with E-state index >= 15 is 4.39 Å². The number of aliphatic hydroxyl groups excluding tert-OH is 1. The third kappa shape index (κ3) is 6.80. The Hall–Kier alpha value is -1.37. The number of hydrogen-bond donors (Lipinski definition) is 1. The van der Waals surface area contributed by atoms with E-state index in [0.717, 1.165) is 49.1 Å². The van der Waals surface area contributed by atoms with E-state index in [2.05, 4.69) is 30.7 Å². The van der Waals surface area contributed by atoms with E-state index in [1.807, 2.05) is 30.0 Å².